The van der Waals surface area contributed by atoms with Crippen molar-refractivity contribution in [3.05, 3.63) is 46.2 Å². The van der Waals surface area contributed by atoms with Crippen LogP contribution in [-0.4, -0.2) is 27.1 Å². The molecule has 3 aromatic rings. The SMILES string of the molecule is O=C(CCc1nc(-c2ccco2)no1)NCc1ccsc1C(=O)O. The number of nitrogens with one attached hydrogen (secondary N) is 1. The predicted molar refractivity (Wildman–Crippen MR) is 83.4 cm³/mol. The van der Waals surface area contributed by atoms with Gasteiger partial charge in [-0.15, -0.1) is 11.3 Å². The van der Waals surface area contributed by atoms with Gasteiger partial charge in [-0.25, -0.2) is 4.79 Å². The number of nitrogens with zero attached hydrogens (tertiary/aromatic N) is 2. The van der Waals surface area contributed by atoms with Crippen molar-refractivity contribution in [2.45, 2.75) is 19.4 Å². The number of carbonyl (C=O) groups excluding carboxylic acids is 1. The first-order chi connectivity index (χ1) is 11.6. The first-order valence-corrected chi connectivity index (χ1v) is 7.94. The van der Waals surface area contributed by atoms with Gasteiger partial charge in [0.25, 0.3) is 0 Å². The van der Waals surface area contributed by atoms with Gasteiger partial charge in [-0.2, -0.15) is 4.98 Å². The fourth-order valence-corrected chi connectivity index (χ4v) is 2.79. The van der Waals surface area contributed by atoms with Gasteiger partial charge in [-0.05, 0) is 29.1 Å². The third kappa shape index (κ3) is 3.69. The van der Waals surface area contributed by atoms with Crippen LogP contribution in [0.3, 0.4) is 0 Å². The largest absolute Gasteiger partial charge is 0.477 e. The quantitative estimate of drug-likeness (QED) is 0.673. The van der Waals surface area contributed by atoms with E-state index in [1.807, 2.05) is 0 Å². The van der Waals surface area contributed by atoms with E-state index in [4.69, 9.17) is 14.0 Å². The summed E-state index contributed by atoms with van der Waals surface area (Å²) in [5.41, 5.74) is 0.582. The van der Waals surface area contributed by atoms with E-state index in [2.05, 4.69) is 15.5 Å². The number of rotatable bonds is 7. The summed E-state index contributed by atoms with van der Waals surface area (Å²) < 4.78 is 10.2. The molecule has 0 aromatic carbocycles. The Kier molecular flexibility index (Phi) is 4.71. The van der Waals surface area contributed by atoms with E-state index in [1.165, 1.54) is 6.26 Å². The highest BCUT2D eigenvalue weighted by Crippen LogP contribution is 2.17. The van der Waals surface area contributed by atoms with Gasteiger partial charge in [0.2, 0.25) is 17.6 Å². The highest BCUT2D eigenvalue weighted by atomic mass is 32.1. The molecule has 0 spiro atoms. The molecule has 0 aliphatic rings. The number of aromatic carboxylic acids is 1. The number of furan rings is 1. The molecule has 3 heterocycles. The van der Waals surface area contributed by atoms with Crippen LogP contribution < -0.4 is 5.32 Å². The molecule has 3 aromatic heterocycles. The van der Waals surface area contributed by atoms with E-state index in [0.29, 0.717) is 23.0 Å². The zero-order valence-electron chi connectivity index (χ0n) is 12.4. The summed E-state index contributed by atoms with van der Waals surface area (Å²) in [5, 5.41) is 17.2. The van der Waals surface area contributed by atoms with Crippen molar-refractivity contribution >= 4 is 23.2 Å². The van der Waals surface area contributed by atoms with Crippen molar-refractivity contribution in [3.8, 4) is 11.6 Å². The maximum Gasteiger partial charge on any atom is 0.346 e. The van der Waals surface area contributed by atoms with Gasteiger partial charge in [-0.3, -0.25) is 4.79 Å². The van der Waals surface area contributed by atoms with Crippen molar-refractivity contribution in [1.82, 2.24) is 15.5 Å². The lowest BCUT2D eigenvalue weighted by Gasteiger charge is -2.03. The summed E-state index contributed by atoms with van der Waals surface area (Å²) in [6.45, 7) is 0.172. The monoisotopic (exact) mass is 347 g/mol. The molecule has 24 heavy (non-hydrogen) atoms. The van der Waals surface area contributed by atoms with Crippen LogP contribution in [0.25, 0.3) is 11.6 Å². The Balaban J connectivity index is 1.49. The molecule has 0 saturated carbocycles. The first-order valence-electron chi connectivity index (χ1n) is 7.06. The second-order valence-electron chi connectivity index (χ2n) is 4.85. The number of hydrogen-bond acceptors (Lipinski definition) is 7. The number of carboxylic acids is 1. The molecule has 124 valence electrons. The van der Waals surface area contributed by atoms with Crippen LogP contribution >= 0.6 is 11.3 Å². The minimum Gasteiger partial charge on any atom is -0.477 e. The van der Waals surface area contributed by atoms with Gasteiger partial charge in [0.05, 0.1) is 6.26 Å². The van der Waals surface area contributed by atoms with Crippen molar-refractivity contribution in [2.75, 3.05) is 0 Å². The fourth-order valence-electron chi connectivity index (χ4n) is 2.03. The second-order valence-corrected chi connectivity index (χ2v) is 5.76. The number of carbonyl (C=O) groups is 2. The number of thiophene rings is 1. The Bertz CT molecular complexity index is 837. The van der Waals surface area contributed by atoms with Crippen molar-refractivity contribution in [3.63, 3.8) is 0 Å². The molecule has 1 amide bonds. The summed E-state index contributed by atoms with van der Waals surface area (Å²) in [4.78, 5) is 27.2. The van der Waals surface area contributed by atoms with E-state index in [0.717, 1.165) is 11.3 Å². The molecule has 0 aliphatic carbocycles. The highest BCUT2D eigenvalue weighted by Gasteiger charge is 2.14. The normalized spacial score (nSPS) is 10.7. The highest BCUT2D eigenvalue weighted by molar-refractivity contribution is 7.12. The van der Waals surface area contributed by atoms with Crippen LogP contribution in [0.1, 0.15) is 27.5 Å². The summed E-state index contributed by atoms with van der Waals surface area (Å²) >= 11 is 1.13. The average molecular weight is 347 g/mol. The summed E-state index contributed by atoms with van der Waals surface area (Å²) in [6, 6.07) is 5.11. The van der Waals surface area contributed by atoms with Gasteiger partial charge in [-0.1, -0.05) is 5.16 Å². The Hall–Kier alpha value is -2.94. The van der Waals surface area contributed by atoms with Crippen LogP contribution in [0, 0.1) is 0 Å². The molecular weight excluding hydrogens is 334 g/mol. The zero-order valence-corrected chi connectivity index (χ0v) is 13.2. The number of aryl methyl sites for hydroxylation is 1. The van der Waals surface area contributed by atoms with Gasteiger partial charge >= 0.3 is 5.97 Å². The van der Waals surface area contributed by atoms with Gasteiger partial charge < -0.3 is 19.4 Å². The van der Waals surface area contributed by atoms with E-state index in [9.17, 15) is 9.59 Å². The molecule has 3 rings (SSSR count). The molecule has 0 aliphatic heterocycles. The van der Waals surface area contributed by atoms with Crippen LogP contribution in [0.5, 0.6) is 0 Å². The molecule has 0 radical (unpaired) electrons. The number of aromatic nitrogens is 2. The van der Waals surface area contributed by atoms with Crippen molar-refractivity contribution < 1.29 is 23.6 Å². The maximum absolute atomic E-state index is 11.9. The number of hydrogen-bond donors (Lipinski definition) is 2. The van der Waals surface area contributed by atoms with E-state index in [-0.39, 0.29) is 30.2 Å². The molecular formula is C15H13N3O5S. The van der Waals surface area contributed by atoms with Crippen molar-refractivity contribution in [2.24, 2.45) is 0 Å². The molecule has 0 unspecified atom stereocenters. The van der Waals surface area contributed by atoms with Gasteiger partial charge in [0, 0.05) is 19.4 Å². The number of amides is 1. The third-order valence-corrected chi connectivity index (χ3v) is 4.14. The van der Waals surface area contributed by atoms with Crippen LogP contribution in [-0.2, 0) is 17.8 Å². The average Bonchev–Trinajstić information content (AvgIpc) is 3.31. The molecule has 0 saturated heterocycles. The predicted octanol–water partition coefficient (Wildman–Crippen LogP) is 2.34. The zero-order chi connectivity index (χ0) is 16.9. The Labute approximate surface area is 140 Å². The Morgan fingerprint density at radius 3 is 2.96 bits per heavy atom. The third-order valence-electron chi connectivity index (χ3n) is 3.19. The standard InChI is InChI=1S/C15H13N3O5S/c19-11(16-8-9-5-7-24-13(9)15(20)21)3-4-12-17-14(18-23-12)10-2-1-6-22-10/h1-2,5-7H,3-4,8H2,(H,16,19)(H,20,21). The van der Waals surface area contributed by atoms with Crippen LogP contribution in [0.15, 0.2) is 38.8 Å². The molecule has 0 atom stereocenters. The number of carboxylic acid groups (broad SMARTS) is 1. The van der Waals surface area contributed by atoms with Gasteiger partial charge in [0.15, 0.2) is 5.76 Å². The Morgan fingerprint density at radius 1 is 1.33 bits per heavy atom. The molecule has 2 N–H and O–H groups in total. The lowest BCUT2D eigenvalue weighted by Crippen LogP contribution is -2.23. The minimum atomic E-state index is -0.995. The molecule has 9 heteroatoms. The summed E-state index contributed by atoms with van der Waals surface area (Å²) in [5.74, 6) is -0.0629. The van der Waals surface area contributed by atoms with Crippen LogP contribution in [0.2, 0.25) is 0 Å². The van der Waals surface area contributed by atoms with Gasteiger partial charge in [0.1, 0.15) is 4.88 Å². The summed E-state index contributed by atoms with van der Waals surface area (Å²) in [7, 11) is 0. The maximum atomic E-state index is 11.9. The molecule has 0 fully saturated rings. The summed E-state index contributed by atoms with van der Waals surface area (Å²) in [6.07, 6.45) is 1.95. The van der Waals surface area contributed by atoms with Crippen molar-refractivity contribution in [1.29, 1.82) is 0 Å². The lowest BCUT2D eigenvalue weighted by molar-refractivity contribution is -0.121. The van der Waals surface area contributed by atoms with E-state index >= 15 is 0 Å². The van der Waals surface area contributed by atoms with E-state index in [1.54, 1.807) is 23.6 Å². The molecule has 8 nitrogen and oxygen atoms in total. The van der Waals surface area contributed by atoms with E-state index < -0.39 is 5.97 Å². The minimum absolute atomic E-state index is 0.159. The lowest BCUT2D eigenvalue weighted by atomic mass is 10.2. The molecule has 0 bridgehead atoms. The van der Waals surface area contributed by atoms with Crippen LogP contribution in [0.4, 0.5) is 0 Å². The Morgan fingerprint density at radius 2 is 2.21 bits per heavy atom. The topological polar surface area (TPSA) is 118 Å². The first kappa shape index (κ1) is 15.9. The smallest absolute Gasteiger partial charge is 0.346 e. The fraction of sp³-hybridized carbons (Fsp3) is 0.200. The second kappa shape index (κ2) is 7.09.